The Morgan fingerprint density at radius 2 is 1.71 bits per heavy atom. The Hall–Kier alpha value is -1.85. The number of nitrogens with one attached hydrogen (secondary N) is 1. The fraction of sp³-hybridized carbons (Fsp3) is 0.133. The molecule has 2 rings (SSSR count). The van der Waals surface area contributed by atoms with Gasteiger partial charge in [-0.3, -0.25) is 4.79 Å². The summed E-state index contributed by atoms with van der Waals surface area (Å²) >= 11 is 5.77. The maximum Gasteiger partial charge on any atom is 0.255 e. The highest BCUT2D eigenvalue weighted by Gasteiger charge is 2.17. The molecular weight excluding hydrogens is 310 g/mol. The molecular formula is C15H14ClNO3S. The summed E-state index contributed by atoms with van der Waals surface area (Å²) in [5.41, 5.74) is 0.683. The Morgan fingerprint density at radius 3 is 2.33 bits per heavy atom. The molecule has 0 spiro atoms. The lowest BCUT2D eigenvalue weighted by Crippen LogP contribution is -2.15. The van der Waals surface area contributed by atoms with Gasteiger partial charge >= 0.3 is 0 Å². The molecule has 0 bridgehead atoms. The fourth-order valence-corrected chi connectivity index (χ4v) is 2.97. The van der Waals surface area contributed by atoms with Crippen molar-refractivity contribution >= 4 is 33.0 Å². The average molecular weight is 324 g/mol. The normalized spacial score (nSPS) is 11.1. The standard InChI is InChI=1S/C15H14ClNO3S/c1-2-21(19,20)14-6-4-3-5-13(14)17-15(18)11-7-9-12(16)10-8-11/h3-10H,2H2,1H3,(H,17,18). The topological polar surface area (TPSA) is 63.2 Å². The number of carbonyl (C=O) groups excluding carboxylic acids is 1. The van der Waals surface area contributed by atoms with E-state index in [9.17, 15) is 13.2 Å². The van der Waals surface area contributed by atoms with Crippen LogP contribution in [0.1, 0.15) is 17.3 Å². The van der Waals surface area contributed by atoms with E-state index in [0.29, 0.717) is 10.6 Å². The molecule has 0 saturated carbocycles. The van der Waals surface area contributed by atoms with Gasteiger partial charge in [0, 0.05) is 10.6 Å². The van der Waals surface area contributed by atoms with E-state index >= 15 is 0 Å². The van der Waals surface area contributed by atoms with E-state index in [0.717, 1.165) is 0 Å². The summed E-state index contributed by atoms with van der Waals surface area (Å²) in [7, 11) is -3.40. The number of benzene rings is 2. The molecule has 0 radical (unpaired) electrons. The van der Waals surface area contributed by atoms with Gasteiger partial charge in [0.25, 0.3) is 5.91 Å². The van der Waals surface area contributed by atoms with Crippen LogP contribution in [-0.4, -0.2) is 20.1 Å². The van der Waals surface area contributed by atoms with Crippen molar-refractivity contribution < 1.29 is 13.2 Å². The third-order valence-corrected chi connectivity index (χ3v) is 4.99. The third-order valence-electron chi connectivity index (χ3n) is 2.96. The van der Waals surface area contributed by atoms with Crippen molar-refractivity contribution in [3.05, 3.63) is 59.1 Å². The summed E-state index contributed by atoms with van der Waals surface area (Å²) in [6, 6.07) is 12.7. The molecule has 1 N–H and O–H groups in total. The molecule has 0 unspecified atom stereocenters. The minimum absolute atomic E-state index is 0.0270. The predicted molar refractivity (Wildman–Crippen MR) is 83.6 cm³/mol. The van der Waals surface area contributed by atoms with Crippen LogP contribution < -0.4 is 5.32 Å². The summed E-state index contributed by atoms with van der Waals surface area (Å²) in [4.78, 5) is 12.3. The molecule has 4 nitrogen and oxygen atoms in total. The number of amides is 1. The summed E-state index contributed by atoms with van der Waals surface area (Å²) in [5.74, 6) is -0.411. The minimum Gasteiger partial charge on any atom is -0.321 e. The van der Waals surface area contributed by atoms with E-state index in [2.05, 4.69) is 5.32 Å². The lowest BCUT2D eigenvalue weighted by molar-refractivity contribution is 0.102. The van der Waals surface area contributed by atoms with Gasteiger partial charge in [0.05, 0.1) is 16.3 Å². The van der Waals surface area contributed by atoms with Gasteiger partial charge in [-0.1, -0.05) is 30.7 Å². The summed E-state index contributed by atoms with van der Waals surface area (Å²) < 4.78 is 24.0. The Labute approximate surface area is 128 Å². The number of rotatable bonds is 4. The van der Waals surface area contributed by atoms with Crippen molar-refractivity contribution in [2.45, 2.75) is 11.8 Å². The zero-order chi connectivity index (χ0) is 15.5. The van der Waals surface area contributed by atoms with Gasteiger partial charge in [-0.2, -0.15) is 0 Å². The monoisotopic (exact) mass is 323 g/mol. The van der Waals surface area contributed by atoms with E-state index in [1.165, 1.54) is 6.07 Å². The number of carbonyl (C=O) groups is 1. The molecule has 0 aliphatic carbocycles. The lowest BCUT2D eigenvalue weighted by Gasteiger charge is -2.10. The van der Waals surface area contributed by atoms with Crippen LogP contribution in [-0.2, 0) is 9.84 Å². The molecule has 0 aliphatic heterocycles. The first-order valence-electron chi connectivity index (χ1n) is 6.33. The average Bonchev–Trinajstić information content (AvgIpc) is 2.48. The number of anilines is 1. The van der Waals surface area contributed by atoms with Gasteiger partial charge in [-0.25, -0.2) is 8.42 Å². The molecule has 1 amide bonds. The first-order chi connectivity index (χ1) is 9.94. The van der Waals surface area contributed by atoms with Gasteiger partial charge in [-0.05, 0) is 36.4 Å². The number of para-hydroxylation sites is 1. The SMILES string of the molecule is CCS(=O)(=O)c1ccccc1NC(=O)c1ccc(Cl)cc1. The van der Waals surface area contributed by atoms with Gasteiger partial charge < -0.3 is 5.32 Å². The third kappa shape index (κ3) is 3.62. The predicted octanol–water partition coefficient (Wildman–Crippen LogP) is 3.39. The quantitative estimate of drug-likeness (QED) is 0.938. The number of halogens is 1. The van der Waals surface area contributed by atoms with Gasteiger partial charge in [0.1, 0.15) is 0 Å². The van der Waals surface area contributed by atoms with E-state index in [1.807, 2.05) is 0 Å². The van der Waals surface area contributed by atoms with Gasteiger partial charge in [0.15, 0.2) is 9.84 Å². The zero-order valence-corrected chi connectivity index (χ0v) is 12.9. The smallest absolute Gasteiger partial charge is 0.255 e. The van der Waals surface area contributed by atoms with Crippen molar-refractivity contribution in [1.29, 1.82) is 0 Å². The lowest BCUT2D eigenvalue weighted by atomic mass is 10.2. The van der Waals surface area contributed by atoms with Crippen molar-refractivity contribution in [3.8, 4) is 0 Å². The van der Waals surface area contributed by atoms with Gasteiger partial charge in [-0.15, -0.1) is 0 Å². The van der Waals surface area contributed by atoms with E-state index in [4.69, 9.17) is 11.6 Å². The van der Waals surface area contributed by atoms with Crippen LogP contribution in [0.15, 0.2) is 53.4 Å². The number of hydrogen-bond acceptors (Lipinski definition) is 3. The highest BCUT2D eigenvalue weighted by atomic mass is 35.5. The largest absolute Gasteiger partial charge is 0.321 e. The van der Waals surface area contributed by atoms with Crippen LogP contribution in [0, 0.1) is 0 Å². The van der Waals surface area contributed by atoms with Crippen LogP contribution in [0.25, 0.3) is 0 Å². The van der Waals surface area contributed by atoms with E-state index in [1.54, 1.807) is 49.4 Å². The number of hydrogen-bond donors (Lipinski definition) is 1. The van der Waals surface area contributed by atoms with Gasteiger partial charge in [0.2, 0.25) is 0 Å². The Bertz CT molecular complexity index is 755. The van der Waals surface area contributed by atoms with Crippen molar-refractivity contribution in [2.24, 2.45) is 0 Å². The highest BCUT2D eigenvalue weighted by molar-refractivity contribution is 7.91. The second-order valence-electron chi connectivity index (χ2n) is 4.36. The van der Waals surface area contributed by atoms with Crippen LogP contribution in [0.3, 0.4) is 0 Å². The van der Waals surface area contributed by atoms with Crippen molar-refractivity contribution in [3.63, 3.8) is 0 Å². The molecule has 0 aromatic heterocycles. The molecule has 21 heavy (non-hydrogen) atoms. The van der Waals surface area contributed by atoms with Crippen LogP contribution in [0.4, 0.5) is 5.69 Å². The second kappa shape index (κ2) is 6.28. The molecule has 0 saturated heterocycles. The number of sulfone groups is 1. The Kier molecular flexibility index (Phi) is 4.65. The first-order valence-corrected chi connectivity index (χ1v) is 8.36. The highest BCUT2D eigenvalue weighted by Crippen LogP contribution is 2.22. The summed E-state index contributed by atoms with van der Waals surface area (Å²) in [6.45, 7) is 1.56. The maximum atomic E-state index is 12.1. The molecule has 110 valence electrons. The van der Waals surface area contributed by atoms with Crippen molar-refractivity contribution in [2.75, 3.05) is 11.1 Å². The van der Waals surface area contributed by atoms with E-state index < -0.39 is 9.84 Å². The maximum absolute atomic E-state index is 12.1. The first kappa shape index (κ1) is 15.5. The van der Waals surface area contributed by atoms with Crippen LogP contribution in [0.5, 0.6) is 0 Å². The molecule has 0 atom stereocenters. The molecule has 6 heteroatoms. The molecule has 0 heterocycles. The molecule has 0 aliphatic rings. The van der Waals surface area contributed by atoms with Crippen LogP contribution in [0.2, 0.25) is 5.02 Å². The van der Waals surface area contributed by atoms with Crippen LogP contribution >= 0.6 is 11.6 Å². The summed E-state index contributed by atoms with van der Waals surface area (Å²) in [6.07, 6.45) is 0. The minimum atomic E-state index is -3.40. The summed E-state index contributed by atoms with van der Waals surface area (Å²) in [5, 5.41) is 3.15. The molecule has 2 aromatic rings. The second-order valence-corrected chi connectivity index (χ2v) is 7.04. The van der Waals surface area contributed by atoms with E-state index in [-0.39, 0.29) is 22.2 Å². The Balaban J connectivity index is 2.32. The zero-order valence-electron chi connectivity index (χ0n) is 11.3. The molecule has 0 fully saturated rings. The Morgan fingerprint density at radius 1 is 1.10 bits per heavy atom. The van der Waals surface area contributed by atoms with Crippen molar-refractivity contribution in [1.82, 2.24) is 0 Å². The fourth-order valence-electron chi connectivity index (χ4n) is 1.79. The molecule has 2 aromatic carbocycles.